The van der Waals surface area contributed by atoms with Gasteiger partial charge < -0.3 is 89.9 Å². The largest absolute Gasteiger partial charge is 0.394 e. The van der Waals surface area contributed by atoms with Crippen molar-refractivity contribution in [3.8, 4) is 0 Å². The van der Waals surface area contributed by atoms with Gasteiger partial charge in [-0.15, -0.1) is 0 Å². The lowest BCUT2D eigenvalue weighted by Gasteiger charge is -2.48. The summed E-state index contributed by atoms with van der Waals surface area (Å²) >= 11 is 0. The minimum absolute atomic E-state index is 0.233. The molecule has 3 aliphatic rings. The third-order valence-electron chi connectivity index (χ3n) is 18.8. The van der Waals surface area contributed by atoms with Gasteiger partial charge in [0.1, 0.15) is 73.2 Å². The van der Waals surface area contributed by atoms with Gasteiger partial charge in [0.2, 0.25) is 5.91 Å². The minimum atomic E-state index is -1.98. The molecule has 17 unspecified atom stereocenters. The second kappa shape index (κ2) is 57.2. The third-order valence-corrected chi connectivity index (χ3v) is 18.8. The molecule has 0 spiro atoms. The SMILES string of the molecule is CCCCCCC/C=C\C/C=C\CCCCCCCCCCCCCCCCCCCCCCCCCC(=O)NC(COC1OC(CO)C(OC2OC(CO)C(OC3OC(CO)C(O)C(O)C3O)C(O)C2O)C(O)C1O)C(O)/C=C/CC/C=C/CC/C=C/CCCCCCC. The Morgan fingerprint density at radius 2 is 0.705 bits per heavy atom. The smallest absolute Gasteiger partial charge is 0.220 e. The molecule has 3 rings (SSSR count). The normalized spacial score (nSPS) is 27.5. The highest BCUT2D eigenvalue weighted by molar-refractivity contribution is 5.76. The van der Waals surface area contributed by atoms with Crippen LogP contribution in [0.25, 0.3) is 0 Å². The predicted octanol–water partition coefficient (Wildman–Crippen LogP) is 11.5. The number of rotatable bonds is 59. The van der Waals surface area contributed by atoms with E-state index in [9.17, 15) is 61.0 Å². The van der Waals surface area contributed by atoms with Crippen molar-refractivity contribution >= 4 is 5.91 Å². The lowest BCUT2D eigenvalue weighted by Crippen LogP contribution is -2.66. The summed E-state index contributed by atoms with van der Waals surface area (Å²) in [5.74, 6) is -0.287. The highest BCUT2D eigenvalue weighted by Crippen LogP contribution is 2.33. The maximum atomic E-state index is 13.4. The van der Waals surface area contributed by atoms with Crippen LogP contribution in [0.3, 0.4) is 0 Å². The van der Waals surface area contributed by atoms with Crippen LogP contribution >= 0.6 is 0 Å². The van der Waals surface area contributed by atoms with Crippen molar-refractivity contribution in [2.45, 2.75) is 388 Å². The number of allylic oxidation sites excluding steroid dienone is 9. The Balaban J connectivity index is 1.34. The van der Waals surface area contributed by atoms with E-state index < -0.39 is 124 Å². The minimum Gasteiger partial charge on any atom is -0.394 e. The van der Waals surface area contributed by atoms with Crippen molar-refractivity contribution in [1.29, 1.82) is 0 Å². The Morgan fingerprint density at radius 1 is 0.379 bits per heavy atom. The Morgan fingerprint density at radius 3 is 1.12 bits per heavy atom. The number of amides is 1. The molecule has 3 aliphatic heterocycles. The van der Waals surface area contributed by atoms with Gasteiger partial charge in [-0.25, -0.2) is 0 Å². The van der Waals surface area contributed by atoms with Crippen LogP contribution in [-0.4, -0.2) is 193 Å². The second-order valence-corrected chi connectivity index (χ2v) is 27.1. The van der Waals surface area contributed by atoms with Crippen molar-refractivity contribution in [3.05, 3.63) is 60.8 Å². The molecule has 0 radical (unpaired) electrons. The Labute approximate surface area is 573 Å². The van der Waals surface area contributed by atoms with E-state index in [0.29, 0.717) is 12.8 Å². The average Bonchev–Trinajstić information content (AvgIpc) is 0.799. The fourth-order valence-corrected chi connectivity index (χ4v) is 12.6. The number of carbonyl (C=O) groups excluding carboxylic acids is 1. The van der Waals surface area contributed by atoms with E-state index in [2.05, 4.69) is 67.8 Å². The van der Waals surface area contributed by atoms with Gasteiger partial charge in [0.05, 0.1) is 38.6 Å². The lowest BCUT2D eigenvalue weighted by molar-refractivity contribution is -0.379. The first-order chi connectivity index (χ1) is 46.3. The van der Waals surface area contributed by atoms with Crippen LogP contribution in [-0.2, 0) is 33.2 Å². The van der Waals surface area contributed by atoms with Crippen molar-refractivity contribution in [2.24, 2.45) is 0 Å². The topological polar surface area (TPSA) is 307 Å². The van der Waals surface area contributed by atoms with E-state index in [1.807, 2.05) is 6.08 Å². The first-order valence-electron chi connectivity index (χ1n) is 38.0. The average molecular weight is 1350 g/mol. The number of aliphatic hydroxyl groups is 11. The van der Waals surface area contributed by atoms with Gasteiger partial charge in [-0.05, 0) is 77.0 Å². The van der Waals surface area contributed by atoms with Gasteiger partial charge in [0.15, 0.2) is 18.9 Å². The van der Waals surface area contributed by atoms with Gasteiger partial charge in [-0.1, -0.05) is 261 Å². The molecule has 3 heterocycles. The molecule has 3 saturated heterocycles. The summed E-state index contributed by atoms with van der Waals surface area (Å²) in [6.45, 7) is 1.69. The van der Waals surface area contributed by atoms with Crippen LogP contribution in [0.5, 0.6) is 0 Å². The van der Waals surface area contributed by atoms with Gasteiger partial charge in [-0.2, -0.15) is 0 Å². The van der Waals surface area contributed by atoms with E-state index in [-0.39, 0.29) is 18.9 Å². The molecule has 3 fully saturated rings. The molecule has 0 aromatic carbocycles. The molecule has 0 aliphatic carbocycles. The van der Waals surface area contributed by atoms with Crippen LogP contribution in [0.15, 0.2) is 60.8 Å². The van der Waals surface area contributed by atoms with Crippen LogP contribution < -0.4 is 5.32 Å². The van der Waals surface area contributed by atoms with Gasteiger partial charge in [-0.3, -0.25) is 4.79 Å². The number of nitrogens with one attached hydrogen (secondary N) is 1. The Hall–Kier alpha value is -2.51. The summed E-state index contributed by atoms with van der Waals surface area (Å²) in [5.41, 5.74) is 0. The van der Waals surface area contributed by atoms with Crippen molar-refractivity contribution in [2.75, 3.05) is 26.4 Å². The van der Waals surface area contributed by atoms with Crippen LogP contribution in [0, 0.1) is 0 Å². The lowest BCUT2D eigenvalue weighted by atomic mass is 9.96. The Bertz CT molecular complexity index is 1950. The zero-order valence-corrected chi connectivity index (χ0v) is 58.9. The summed E-state index contributed by atoms with van der Waals surface area (Å²) in [6, 6.07) is -0.996. The number of unbranched alkanes of at least 4 members (excludes halogenated alkanes) is 35. The van der Waals surface area contributed by atoms with Crippen molar-refractivity contribution in [1.82, 2.24) is 5.32 Å². The molecule has 0 aromatic rings. The molecule has 12 N–H and O–H groups in total. The second-order valence-electron chi connectivity index (χ2n) is 27.1. The number of carbonyl (C=O) groups is 1. The molecular formula is C76H137NO18. The molecule has 19 heteroatoms. The fraction of sp³-hybridized carbons (Fsp3) is 0.855. The molecular weight excluding hydrogens is 1210 g/mol. The Kier molecular flexibility index (Phi) is 52.2. The van der Waals surface area contributed by atoms with E-state index >= 15 is 0 Å². The molecule has 554 valence electrons. The van der Waals surface area contributed by atoms with Crippen LogP contribution in [0.2, 0.25) is 0 Å². The summed E-state index contributed by atoms with van der Waals surface area (Å²) in [4.78, 5) is 13.4. The maximum Gasteiger partial charge on any atom is 0.220 e. The first-order valence-corrected chi connectivity index (χ1v) is 38.0. The molecule has 17 atom stereocenters. The first kappa shape index (κ1) is 86.7. The standard InChI is InChI=1S/C76H137NO18/c1-3-5-7-9-11-13-15-17-19-20-21-22-23-24-25-26-27-28-29-30-31-32-33-34-35-36-37-38-40-42-44-46-48-50-52-54-64(82)77-59(60(81)53-51-49-47-45-43-41-39-18-16-14-12-10-8-6-4-2)58-90-74-70(88)67(85)72(62(56-79)92-74)95-76-71(89)68(86)73(63(57-80)93-76)94-75-69(87)66(84)65(83)61(55-78)91-75/h15-18,20-21,43,45,51,53,59-63,65-76,78-81,83-89H,3-14,19,22-42,44,46-50,52,54-58H2,1-2H3,(H,77,82)/b17-15-,18-16+,21-20-,45-43+,53-51+. The quantitative estimate of drug-likeness (QED) is 0.0199. The number of ether oxygens (including phenoxy) is 6. The molecule has 95 heavy (non-hydrogen) atoms. The maximum absolute atomic E-state index is 13.4. The zero-order chi connectivity index (χ0) is 68.9. The van der Waals surface area contributed by atoms with Crippen LogP contribution in [0.4, 0.5) is 0 Å². The molecule has 19 nitrogen and oxygen atoms in total. The molecule has 1 amide bonds. The van der Waals surface area contributed by atoms with E-state index in [1.54, 1.807) is 6.08 Å². The van der Waals surface area contributed by atoms with Gasteiger partial charge in [0.25, 0.3) is 0 Å². The summed E-state index contributed by atoms with van der Waals surface area (Å²) in [7, 11) is 0. The van der Waals surface area contributed by atoms with E-state index in [0.717, 1.165) is 51.4 Å². The molecule has 0 saturated carbocycles. The van der Waals surface area contributed by atoms with Crippen LogP contribution in [0.1, 0.15) is 284 Å². The summed E-state index contributed by atoms with van der Waals surface area (Å²) in [5, 5.41) is 121. The molecule has 0 aromatic heterocycles. The number of hydrogen-bond donors (Lipinski definition) is 12. The number of aliphatic hydroxyl groups excluding tert-OH is 11. The zero-order valence-electron chi connectivity index (χ0n) is 58.9. The van der Waals surface area contributed by atoms with E-state index in [1.165, 1.54) is 199 Å². The van der Waals surface area contributed by atoms with E-state index in [4.69, 9.17) is 28.4 Å². The molecule has 0 bridgehead atoms. The number of hydrogen-bond acceptors (Lipinski definition) is 18. The summed E-state index contributed by atoms with van der Waals surface area (Å²) in [6.07, 6.45) is 45.1. The highest BCUT2D eigenvalue weighted by atomic mass is 16.8. The summed E-state index contributed by atoms with van der Waals surface area (Å²) < 4.78 is 34.3. The highest BCUT2D eigenvalue weighted by Gasteiger charge is 2.53. The fourth-order valence-electron chi connectivity index (χ4n) is 12.6. The third kappa shape index (κ3) is 38.2. The van der Waals surface area contributed by atoms with Gasteiger partial charge in [0, 0.05) is 6.42 Å². The predicted molar refractivity (Wildman–Crippen MR) is 374 cm³/mol. The van der Waals surface area contributed by atoms with Gasteiger partial charge >= 0.3 is 0 Å². The van der Waals surface area contributed by atoms with Crippen molar-refractivity contribution in [3.63, 3.8) is 0 Å². The monoisotopic (exact) mass is 1350 g/mol. The van der Waals surface area contributed by atoms with Crippen molar-refractivity contribution < 1.29 is 89.4 Å².